The summed E-state index contributed by atoms with van der Waals surface area (Å²) in [7, 11) is 0. The number of para-hydroxylation sites is 1. The van der Waals surface area contributed by atoms with E-state index in [2.05, 4.69) is 20.4 Å². The number of H-pyrrole nitrogens is 1. The minimum Gasteiger partial charge on any atom is -0.355 e. The van der Waals surface area contributed by atoms with Crippen molar-refractivity contribution in [2.45, 2.75) is 6.92 Å². The highest BCUT2D eigenvalue weighted by Crippen LogP contribution is 2.32. The molecular formula is C18H14N4O2. The summed E-state index contributed by atoms with van der Waals surface area (Å²) in [5.74, 6) is 1.32. The third kappa shape index (κ3) is 2.25. The number of carbonyl (C=O) groups excluding carboxylic acids is 1. The van der Waals surface area contributed by atoms with Gasteiger partial charge in [0.05, 0.1) is 11.2 Å². The van der Waals surface area contributed by atoms with Crippen LogP contribution < -0.4 is 5.32 Å². The van der Waals surface area contributed by atoms with Gasteiger partial charge in [0, 0.05) is 11.1 Å². The van der Waals surface area contributed by atoms with Crippen LogP contribution in [0.2, 0.25) is 0 Å². The number of nitrogens with zero attached hydrogens (tertiary/aromatic N) is 2. The van der Waals surface area contributed by atoms with E-state index < -0.39 is 0 Å². The molecule has 6 nitrogen and oxygen atoms in total. The van der Waals surface area contributed by atoms with Crippen LogP contribution in [0.1, 0.15) is 5.56 Å². The number of hydrogen-bond donors (Lipinski definition) is 2. The first kappa shape index (κ1) is 14.2. The zero-order valence-corrected chi connectivity index (χ0v) is 12.9. The number of aromatic amines is 1. The number of rotatable bonds is 4. The Morgan fingerprint density at radius 2 is 1.96 bits per heavy atom. The van der Waals surface area contributed by atoms with E-state index in [0.29, 0.717) is 29.1 Å². The highest BCUT2D eigenvalue weighted by molar-refractivity contribution is 5.94. The lowest BCUT2D eigenvalue weighted by atomic mass is 10.1. The van der Waals surface area contributed by atoms with Crippen LogP contribution in [0.4, 0.5) is 5.69 Å². The van der Waals surface area contributed by atoms with E-state index in [0.717, 1.165) is 22.4 Å². The van der Waals surface area contributed by atoms with Gasteiger partial charge in [-0.25, -0.2) is 4.98 Å². The second kappa shape index (κ2) is 5.66. The van der Waals surface area contributed by atoms with Crippen LogP contribution in [0.5, 0.6) is 0 Å². The lowest BCUT2D eigenvalue weighted by Gasteiger charge is -1.97. The minimum absolute atomic E-state index is 0.605. The Balaban J connectivity index is 1.83. The molecular weight excluding hydrogens is 304 g/mol. The molecule has 2 aromatic heterocycles. The summed E-state index contributed by atoms with van der Waals surface area (Å²) in [4.78, 5) is 18.5. The average Bonchev–Trinajstić information content (AvgIpc) is 3.20. The molecule has 1 amide bonds. The number of imidazole rings is 1. The first-order chi connectivity index (χ1) is 11.8. The van der Waals surface area contributed by atoms with Gasteiger partial charge in [-0.3, -0.25) is 4.79 Å². The van der Waals surface area contributed by atoms with Crippen LogP contribution in [0.15, 0.2) is 53.1 Å². The van der Waals surface area contributed by atoms with Crippen LogP contribution in [0, 0.1) is 6.92 Å². The third-order valence-corrected chi connectivity index (χ3v) is 3.91. The number of amides is 1. The molecule has 0 aliphatic carbocycles. The number of nitrogens with one attached hydrogen (secondary N) is 2. The highest BCUT2D eigenvalue weighted by atomic mass is 16.5. The predicted molar refractivity (Wildman–Crippen MR) is 91.5 cm³/mol. The fourth-order valence-electron chi connectivity index (χ4n) is 2.74. The van der Waals surface area contributed by atoms with Gasteiger partial charge in [0.2, 0.25) is 6.41 Å². The molecule has 0 atom stereocenters. The molecule has 0 saturated heterocycles. The quantitative estimate of drug-likeness (QED) is 0.561. The second-order valence-electron chi connectivity index (χ2n) is 5.40. The number of aromatic nitrogens is 3. The molecule has 0 saturated carbocycles. The maximum atomic E-state index is 10.7. The molecule has 2 N–H and O–H groups in total. The van der Waals surface area contributed by atoms with E-state index in [-0.39, 0.29) is 0 Å². The molecule has 118 valence electrons. The Hall–Kier alpha value is -3.41. The molecule has 0 spiro atoms. The average molecular weight is 318 g/mol. The smallest absolute Gasteiger partial charge is 0.211 e. The fourth-order valence-corrected chi connectivity index (χ4v) is 2.74. The van der Waals surface area contributed by atoms with Crippen molar-refractivity contribution >= 4 is 23.1 Å². The molecule has 6 heteroatoms. The third-order valence-electron chi connectivity index (χ3n) is 3.91. The second-order valence-corrected chi connectivity index (χ2v) is 5.40. The zero-order valence-electron chi connectivity index (χ0n) is 12.9. The summed E-state index contributed by atoms with van der Waals surface area (Å²) in [5, 5.41) is 6.83. The van der Waals surface area contributed by atoms with E-state index in [1.165, 1.54) is 0 Å². The maximum absolute atomic E-state index is 10.7. The van der Waals surface area contributed by atoms with Gasteiger partial charge < -0.3 is 14.8 Å². The molecule has 0 bridgehead atoms. The zero-order chi connectivity index (χ0) is 16.5. The topological polar surface area (TPSA) is 83.8 Å². The first-order valence-electron chi connectivity index (χ1n) is 7.49. The van der Waals surface area contributed by atoms with Crippen molar-refractivity contribution in [1.82, 2.24) is 15.1 Å². The predicted octanol–water partition coefficient (Wildman–Crippen LogP) is 3.76. The number of carbonyl (C=O) groups is 1. The van der Waals surface area contributed by atoms with Gasteiger partial charge in [0.25, 0.3) is 0 Å². The van der Waals surface area contributed by atoms with Crippen LogP contribution in [-0.4, -0.2) is 21.5 Å². The van der Waals surface area contributed by atoms with Crippen molar-refractivity contribution in [3.8, 4) is 22.8 Å². The van der Waals surface area contributed by atoms with Crippen LogP contribution in [0.3, 0.4) is 0 Å². The molecule has 0 fully saturated rings. The Morgan fingerprint density at radius 3 is 2.75 bits per heavy atom. The number of anilines is 1. The molecule has 4 rings (SSSR count). The van der Waals surface area contributed by atoms with E-state index in [1.807, 2.05) is 49.4 Å². The normalized spacial score (nSPS) is 10.9. The summed E-state index contributed by atoms with van der Waals surface area (Å²) >= 11 is 0. The van der Waals surface area contributed by atoms with E-state index in [9.17, 15) is 4.79 Å². The van der Waals surface area contributed by atoms with Gasteiger partial charge >= 0.3 is 0 Å². The monoisotopic (exact) mass is 318 g/mol. The van der Waals surface area contributed by atoms with Gasteiger partial charge in [0.1, 0.15) is 5.52 Å². The summed E-state index contributed by atoms with van der Waals surface area (Å²) in [6.45, 7) is 1.95. The van der Waals surface area contributed by atoms with Gasteiger partial charge in [-0.05, 0) is 19.1 Å². The van der Waals surface area contributed by atoms with Crippen molar-refractivity contribution in [3.63, 3.8) is 0 Å². The Morgan fingerprint density at radius 1 is 1.12 bits per heavy atom. The number of fused-ring (bicyclic) bond motifs is 1. The van der Waals surface area contributed by atoms with Gasteiger partial charge in [0.15, 0.2) is 17.3 Å². The maximum Gasteiger partial charge on any atom is 0.211 e. The van der Waals surface area contributed by atoms with Crippen LogP contribution in [-0.2, 0) is 4.79 Å². The summed E-state index contributed by atoms with van der Waals surface area (Å²) in [6.07, 6.45) is 0.637. The van der Waals surface area contributed by atoms with E-state index in [1.54, 1.807) is 6.07 Å². The number of hydrogen-bond acceptors (Lipinski definition) is 4. The molecule has 24 heavy (non-hydrogen) atoms. The Labute approximate surface area is 137 Å². The molecule has 0 radical (unpaired) electrons. The lowest BCUT2D eigenvalue weighted by Crippen LogP contribution is -1.94. The summed E-state index contributed by atoms with van der Waals surface area (Å²) < 4.78 is 5.53. The van der Waals surface area contributed by atoms with Gasteiger partial charge in [-0.1, -0.05) is 41.6 Å². The fraction of sp³-hybridized carbons (Fsp3) is 0.0556. The molecule has 0 aliphatic heterocycles. The van der Waals surface area contributed by atoms with Gasteiger partial charge in [-0.15, -0.1) is 0 Å². The van der Waals surface area contributed by atoms with Crippen LogP contribution in [0.25, 0.3) is 33.9 Å². The Bertz CT molecular complexity index is 1020. The standard InChI is InChI=1S/C18H14N4O2/c1-11-15(22-24-17(11)12-6-3-2-4-7-12)18-20-14-9-5-8-13(19-10-23)16(14)21-18/h2-10H,1H3,(H,19,23)(H,20,21). The SMILES string of the molecule is Cc1c(-c2nc3c(NC=O)cccc3[nH]2)noc1-c1ccccc1. The number of benzene rings is 2. The van der Waals surface area contributed by atoms with Crippen molar-refractivity contribution in [1.29, 1.82) is 0 Å². The molecule has 2 aromatic carbocycles. The van der Waals surface area contributed by atoms with E-state index in [4.69, 9.17) is 4.52 Å². The summed E-state index contributed by atoms with van der Waals surface area (Å²) in [5.41, 5.74) is 4.68. The molecule has 2 heterocycles. The van der Waals surface area contributed by atoms with Crippen molar-refractivity contribution < 1.29 is 9.32 Å². The minimum atomic E-state index is 0.605. The Kier molecular flexibility index (Phi) is 3.35. The van der Waals surface area contributed by atoms with Crippen molar-refractivity contribution in [2.75, 3.05) is 5.32 Å². The van der Waals surface area contributed by atoms with E-state index >= 15 is 0 Å². The van der Waals surface area contributed by atoms with Crippen molar-refractivity contribution in [3.05, 3.63) is 54.1 Å². The highest BCUT2D eigenvalue weighted by Gasteiger charge is 2.18. The lowest BCUT2D eigenvalue weighted by molar-refractivity contribution is -0.105. The largest absolute Gasteiger partial charge is 0.355 e. The first-order valence-corrected chi connectivity index (χ1v) is 7.49. The summed E-state index contributed by atoms with van der Waals surface area (Å²) in [6, 6.07) is 15.4. The van der Waals surface area contributed by atoms with Gasteiger partial charge in [-0.2, -0.15) is 0 Å². The molecule has 0 aliphatic rings. The molecule has 0 unspecified atom stereocenters. The van der Waals surface area contributed by atoms with Crippen LogP contribution >= 0.6 is 0 Å². The molecule has 4 aromatic rings. The van der Waals surface area contributed by atoms with Crippen molar-refractivity contribution in [2.24, 2.45) is 0 Å².